The maximum absolute atomic E-state index is 11.8. The summed E-state index contributed by atoms with van der Waals surface area (Å²) in [5.41, 5.74) is 5.20. The van der Waals surface area contributed by atoms with E-state index in [0.717, 1.165) is 16.8 Å². The third kappa shape index (κ3) is 5.36. The van der Waals surface area contributed by atoms with Crippen LogP contribution < -0.4 is 10.7 Å². The minimum atomic E-state index is -0.264. The van der Waals surface area contributed by atoms with Crippen molar-refractivity contribution in [2.24, 2.45) is 5.10 Å². The molecule has 7 heteroatoms. The lowest BCUT2D eigenvalue weighted by atomic mass is 10.2. The van der Waals surface area contributed by atoms with Crippen molar-refractivity contribution in [3.63, 3.8) is 0 Å². The maximum Gasteiger partial charge on any atom is 0.259 e. The van der Waals surface area contributed by atoms with E-state index < -0.39 is 0 Å². The molecule has 0 fully saturated rings. The normalized spacial score (nSPS) is 10.9. The van der Waals surface area contributed by atoms with Crippen LogP contribution >= 0.6 is 23.2 Å². The largest absolute Gasteiger partial charge is 0.455 e. The summed E-state index contributed by atoms with van der Waals surface area (Å²) < 4.78 is 5.67. The van der Waals surface area contributed by atoms with E-state index in [1.807, 2.05) is 31.2 Å². The van der Waals surface area contributed by atoms with Crippen LogP contribution in [0.15, 0.2) is 64.1 Å². The molecule has 138 valence electrons. The van der Waals surface area contributed by atoms with Crippen LogP contribution in [0.2, 0.25) is 10.0 Å². The predicted molar refractivity (Wildman–Crippen MR) is 110 cm³/mol. The summed E-state index contributed by atoms with van der Waals surface area (Å²) in [6.07, 6.45) is 1.43. The highest BCUT2D eigenvalue weighted by Crippen LogP contribution is 2.31. The molecule has 0 unspecified atom stereocenters. The number of halogens is 2. The third-order valence-corrected chi connectivity index (χ3v) is 4.26. The molecule has 0 spiro atoms. The first-order valence-corrected chi connectivity index (χ1v) is 8.94. The van der Waals surface area contributed by atoms with Gasteiger partial charge in [0.2, 0.25) is 0 Å². The molecule has 0 aliphatic rings. The van der Waals surface area contributed by atoms with Gasteiger partial charge in [0.15, 0.2) is 0 Å². The van der Waals surface area contributed by atoms with Crippen molar-refractivity contribution in [2.45, 2.75) is 6.92 Å². The van der Waals surface area contributed by atoms with Crippen molar-refractivity contribution < 1.29 is 9.21 Å². The van der Waals surface area contributed by atoms with Gasteiger partial charge in [-0.3, -0.25) is 4.79 Å². The third-order valence-electron chi connectivity index (χ3n) is 3.71. The number of carbonyl (C=O) groups excluding carboxylic acids is 1. The van der Waals surface area contributed by atoms with Gasteiger partial charge in [-0.05, 0) is 49.4 Å². The summed E-state index contributed by atoms with van der Waals surface area (Å²) in [4.78, 5) is 11.8. The Labute approximate surface area is 167 Å². The van der Waals surface area contributed by atoms with Gasteiger partial charge < -0.3 is 9.73 Å². The molecule has 0 aliphatic carbocycles. The van der Waals surface area contributed by atoms with E-state index in [9.17, 15) is 4.79 Å². The number of hydrazone groups is 1. The molecule has 1 amide bonds. The van der Waals surface area contributed by atoms with Gasteiger partial charge in [-0.15, -0.1) is 0 Å². The molecule has 1 heterocycles. The SMILES string of the molecule is Cc1ccc(NCC(=O)N/N=C\c2ccc(-c3ccc(Cl)cc3Cl)o2)cc1. The molecule has 3 rings (SSSR count). The van der Waals surface area contributed by atoms with E-state index in [4.69, 9.17) is 27.6 Å². The average molecular weight is 402 g/mol. The number of hydrogen-bond acceptors (Lipinski definition) is 4. The van der Waals surface area contributed by atoms with Gasteiger partial charge in [0.25, 0.3) is 5.91 Å². The van der Waals surface area contributed by atoms with Gasteiger partial charge in [-0.2, -0.15) is 5.10 Å². The Morgan fingerprint density at radius 2 is 1.89 bits per heavy atom. The highest BCUT2D eigenvalue weighted by atomic mass is 35.5. The number of carbonyl (C=O) groups is 1. The molecule has 27 heavy (non-hydrogen) atoms. The van der Waals surface area contributed by atoms with E-state index in [0.29, 0.717) is 21.6 Å². The van der Waals surface area contributed by atoms with E-state index >= 15 is 0 Å². The lowest BCUT2D eigenvalue weighted by Gasteiger charge is -2.05. The van der Waals surface area contributed by atoms with Crippen LogP contribution in [-0.2, 0) is 4.79 Å². The molecule has 5 nitrogen and oxygen atoms in total. The second-order valence-electron chi connectivity index (χ2n) is 5.84. The summed E-state index contributed by atoms with van der Waals surface area (Å²) in [6, 6.07) is 16.5. The molecular formula is C20H17Cl2N3O2. The van der Waals surface area contributed by atoms with Crippen LogP contribution in [-0.4, -0.2) is 18.7 Å². The summed E-state index contributed by atoms with van der Waals surface area (Å²) >= 11 is 12.1. The predicted octanol–water partition coefficient (Wildman–Crippen LogP) is 5.12. The van der Waals surface area contributed by atoms with Gasteiger partial charge in [0.1, 0.15) is 11.5 Å². The number of nitrogens with one attached hydrogen (secondary N) is 2. The fraction of sp³-hybridized carbons (Fsp3) is 0.100. The molecule has 1 aromatic heterocycles. The second-order valence-corrected chi connectivity index (χ2v) is 6.68. The van der Waals surface area contributed by atoms with Crippen LogP contribution in [0, 0.1) is 6.92 Å². The van der Waals surface area contributed by atoms with E-state index in [1.54, 1.807) is 30.3 Å². The molecule has 3 aromatic rings. The van der Waals surface area contributed by atoms with Crippen molar-refractivity contribution in [2.75, 3.05) is 11.9 Å². The Morgan fingerprint density at radius 3 is 2.63 bits per heavy atom. The quantitative estimate of drug-likeness (QED) is 0.444. The summed E-state index contributed by atoms with van der Waals surface area (Å²) in [5.74, 6) is 0.813. The van der Waals surface area contributed by atoms with Crippen molar-refractivity contribution in [3.05, 3.63) is 76.0 Å². The monoisotopic (exact) mass is 401 g/mol. The smallest absolute Gasteiger partial charge is 0.259 e. The van der Waals surface area contributed by atoms with Gasteiger partial charge in [-0.1, -0.05) is 40.9 Å². The van der Waals surface area contributed by atoms with Crippen LogP contribution in [0.5, 0.6) is 0 Å². The number of rotatable bonds is 6. The number of nitrogens with zero attached hydrogens (tertiary/aromatic N) is 1. The van der Waals surface area contributed by atoms with Crippen molar-refractivity contribution >= 4 is 41.0 Å². The Hall–Kier alpha value is -2.76. The molecule has 2 aromatic carbocycles. The van der Waals surface area contributed by atoms with Crippen molar-refractivity contribution in [3.8, 4) is 11.3 Å². The zero-order valence-electron chi connectivity index (χ0n) is 14.5. The molecule has 0 atom stereocenters. The van der Waals surface area contributed by atoms with E-state index in [2.05, 4.69) is 15.8 Å². The zero-order valence-corrected chi connectivity index (χ0v) is 16.0. The van der Waals surface area contributed by atoms with Crippen LogP contribution in [0.3, 0.4) is 0 Å². The lowest BCUT2D eigenvalue weighted by molar-refractivity contribution is -0.119. The van der Waals surface area contributed by atoms with Gasteiger partial charge in [0.05, 0.1) is 17.8 Å². The fourth-order valence-corrected chi connectivity index (χ4v) is 2.82. The van der Waals surface area contributed by atoms with Gasteiger partial charge in [-0.25, -0.2) is 5.43 Å². The standard InChI is InChI=1S/C20H17Cl2N3O2/c1-13-2-5-15(6-3-13)23-12-20(26)25-24-11-16-7-9-19(27-16)17-8-4-14(21)10-18(17)22/h2-11,23H,12H2,1H3,(H,25,26)/b24-11-. The van der Waals surface area contributed by atoms with E-state index in [-0.39, 0.29) is 12.5 Å². The Kier molecular flexibility index (Phi) is 6.16. The molecule has 0 bridgehead atoms. The van der Waals surface area contributed by atoms with Crippen molar-refractivity contribution in [1.29, 1.82) is 0 Å². The lowest BCUT2D eigenvalue weighted by Crippen LogP contribution is -2.25. The number of amides is 1. The summed E-state index contributed by atoms with van der Waals surface area (Å²) in [6.45, 7) is 2.12. The maximum atomic E-state index is 11.8. The summed E-state index contributed by atoms with van der Waals surface area (Å²) in [5, 5.41) is 7.97. The topological polar surface area (TPSA) is 66.6 Å². The van der Waals surface area contributed by atoms with Gasteiger partial charge in [0, 0.05) is 16.3 Å². The van der Waals surface area contributed by atoms with E-state index in [1.165, 1.54) is 6.21 Å². The first-order chi connectivity index (χ1) is 13.0. The van der Waals surface area contributed by atoms with Gasteiger partial charge >= 0.3 is 0 Å². The first-order valence-electron chi connectivity index (χ1n) is 8.19. The molecule has 0 saturated heterocycles. The molecule has 2 N–H and O–H groups in total. The van der Waals surface area contributed by atoms with Crippen LogP contribution in [0.1, 0.15) is 11.3 Å². The molecule has 0 saturated carbocycles. The van der Waals surface area contributed by atoms with Crippen LogP contribution in [0.25, 0.3) is 11.3 Å². The van der Waals surface area contributed by atoms with Crippen LogP contribution in [0.4, 0.5) is 5.69 Å². The highest BCUT2D eigenvalue weighted by molar-refractivity contribution is 6.36. The Bertz CT molecular complexity index is 966. The average Bonchev–Trinajstić information content (AvgIpc) is 3.10. The highest BCUT2D eigenvalue weighted by Gasteiger charge is 2.08. The van der Waals surface area contributed by atoms with Crippen molar-refractivity contribution in [1.82, 2.24) is 5.43 Å². The number of furan rings is 1. The number of anilines is 1. The Morgan fingerprint density at radius 1 is 1.11 bits per heavy atom. The zero-order chi connectivity index (χ0) is 19.2. The Balaban J connectivity index is 1.53. The molecule has 0 radical (unpaired) electrons. The summed E-state index contributed by atoms with van der Waals surface area (Å²) in [7, 11) is 0. The minimum absolute atomic E-state index is 0.115. The minimum Gasteiger partial charge on any atom is -0.455 e. The first kappa shape index (κ1) is 19.0. The molecule has 0 aliphatic heterocycles. The molecular weight excluding hydrogens is 385 g/mol. The fourth-order valence-electron chi connectivity index (χ4n) is 2.32. The number of aryl methyl sites for hydroxylation is 1. The second kappa shape index (κ2) is 8.75. The number of benzene rings is 2. The number of hydrogen-bond donors (Lipinski definition) is 2.